The van der Waals surface area contributed by atoms with Gasteiger partial charge in [-0.1, -0.05) is 41.9 Å². The standard InChI is InChI=1S/C16H15ClF3N/c1-10-13(6-3-7-14(10)17)15(21)9-11-4-2-5-12(8-11)16(18,19)20/h2-8,15H,9,21H2,1H3. The summed E-state index contributed by atoms with van der Waals surface area (Å²) >= 11 is 6.04. The van der Waals surface area contributed by atoms with Gasteiger partial charge in [0.2, 0.25) is 0 Å². The quantitative estimate of drug-likeness (QED) is 0.856. The largest absolute Gasteiger partial charge is 0.416 e. The Labute approximate surface area is 126 Å². The highest BCUT2D eigenvalue weighted by Crippen LogP contribution is 2.31. The predicted octanol–water partition coefficient (Wildman–Crippen LogP) is 4.91. The van der Waals surface area contributed by atoms with Crippen molar-refractivity contribution in [2.45, 2.75) is 25.6 Å². The normalized spacial score (nSPS) is 13.2. The van der Waals surface area contributed by atoms with Crippen molar-refractivity contribution in [3.05, 3.63) is 69.7 Å². The zero-order chi connectivity index (χ0) is 15.6. The molecular weight excluding hydrogens is 299 g/mol. The van der Waals surface area contributed by atoms with Crippen molar-refractivity contribution in [3.8, 4) is 0 Å². The Bertz CT molecular complexity index is 638. The van der Waals surface area contributed by atoms with Gasteiger partial charge in [0, 0.05) is 11.1 Å². The van der Waals surface area contributed by atoms with Crippen LogP contribution in [0, 0.1) is 6.92 Å². The highest BCUT2D eigenvalue weighted by molar-refractivity contribution is 6.31. The van der Waals surface area contributed by atoms with E-state index >= 15 is 0 Å². The third-order valence-corrected chi connectivity index (χ3v) is 3.83. The highest BCUT2D eigenvalue weighted by Gasteiger charge is 2.30. The SMILES string of the molecule is Cc1c(Cl)cccc1C(N)Cc1cccc(C(F)(F)F)c1. The molecule has 0 bridgehead atoms. The van der Waals surface area contributed by atoms with E-state index in [0.29, 0.717) is 17.0 Å². The summed E-state index contributed by atoms with van der Waals surface area (Å²) in [5.74, 6) is 0. The van der Waals surface area contributed by atoms with E-state index in [1.54, 1.807) is 18.2 Å². The Morgan fingerprint density at radius 3 is 2.48 bits per heavy atom. The number of nitrogens with two attached hydrogens (primary N) is 1. The van der Waals surface area contributed by atoms with Crippen LogP contribution in [0.2, 0.25) is 5.02 Å². The summed E-state index contributed by atoms with van der Waals surface area (Å²) in [5, 5.41) is 0.604. The first kappa shape index (κ1) is 15.9. The minimum atomic E-state index is -4.34. The number of rotatable bonds is 3. The fourth-order valence-corrected chi connectivity index (χ4v) is 2.45. The Kier molecular flexibility index (Phi) is 4.59. The second-order valence-corrected chi connectivity index (χ2v) is 5.37. The predicted molar refractivity (Wildman–Crippen MR) is 78.3 cm³/mol. The van der Waals surface area contributed by atoms with Crippen LogP contribution in [-0.4, -0.2) is 0 Å². The van der Waals surface area contributed by atoms with Crippen LogP contribution < -0.4 is 5.73 Å². The molecule has 2 aromatic carbocycles. The lowest BCUT2D eigenvalue weighted by atomic mass is 9.95. The van der Waals surface area contributed by atoms with E-state index in [0.717, 1.165) is 23.3 Å². The van der Waals surface area contributed by atoms with Gasteiger partial charge in [0.25, 0.3) is 0 Å². The molecule has 2 aromatic rings. The van der Waals surface area contributed by atoms with Gasteiger partial charge in [0.05, 0.1) is 5.56 Å². The van der Waals surface area contributed by atoms with Crippen LogP contribution in [0.5, 0.6) is 0 Å². The first-order valence-corrected chi connectivity index (χ1v) is 6.83. The molecule has 112 valence electrons. The number of halogens is 4. The van der Waals surface area contributed by atoms with Crippen molar-refractivity contribution >= 4 is 11.6 Å². The molecule has 0 aromatic heterocycles. The van der Waals surface area contributed by atoms with E-state index < -0.39 is 17.8 Å². The molecule has 0 saturated carbocycles. The van der Waals surface area contributed by atoms with Gasteiger partial charge < -0.3 is 5.73 Å². The lowest BCUT2D eigenvalue weighted by Gasteiger charge is -2.16. The zero-order valence-electron chi connectivity index (χ0n) is 11.4. The van der Waals surface area contributed by atoms with Gasteiger partial charge in [-0.05, 0) is 42.2 Å². The fraction of sp³-hybridized carbons (Fsp3) is 0.250. The average molecular weight is 314 g/mol. The van der Waals surface area contributed by atoms with E-state index in [1.807, 2.05) is 13.0 Å². The summed E-state index contributed by atoms with van der Waals surface area (Å²) in [6, 6.07) is 10.2. The van der Waals surface area contributed by atoms with Crippen LogP contribution in [0.1, 0.15) is 28.3 Å². The van der Waals surface area contributed by atoms with Crippen molar-refractivity contribution in [1.29, 1.82) is 0 Å². The summed E-state index contributed by atoms with van der Waals surface area (Å²) < 4.78 is 38.1. The third-order valence-electron chi connectivity index (χ3n) is 3.42. The summed E-state index contributed by atoms with van der Waals surface area (Å²) in [6.07, 6.45) is -4.02. The first-order valence-electron chi connectivity index (χ1n) is 6.46. The lowest BCUT2D eigenvalue weighted by Crippen LogP contribution is -2.15. The molecule has 0 spiro atoms. The molecular formula is C16H15ClF3N. The summed E-state index contributed by atoms with van der Waals surface area (Å²) in [5.41, 5.74) is 7.72. The highest BCUT2D eigenvalue weighted by atomic mass is 35.5. The average Bonchev–Trinajstić information content (AvgIpc) is 2.41. The summed E-state index contributed by atoms with van der Waals surface area (Å²) in [7, 11) is 0. The maximum Gasteiger partial charge on any atom is 0.416 e. The van der Waals surface area contributed by atoms with Gasteiger partial charge in [-0.3, -0.25) is 0 Å². The second-order valence-electron chi connectivity index (χ2n) is 4.96. The molecule has 2 rings (SSSR count). The summed E-state index contributed by atoms with van der Waals surface area (Å²) in [4.78, 5) is 0. The van der Waals surface area contributed by atoms with Crippen LogP contribution in [0.15, 0.2) is 42.5 Å². The molecule has 1 unspecified atom stereocenters. The molecule has 0 saturated heterocycles. The molecule has 1 atom stereocenters. The molecule has 5 heteroatoms. The number of alkyl halides is 3. The topological polar surface area (TPSA) is 26.0 Å². The molecule has 0 heterocycles. The van der Waals surface area contributed by atoms with Gasteiger partial charge in [0.1, 0.15) is 0 Å². The molecule has 0 fully saturated rings. The van der Waals surface area contributed by atoms with Gasteiger partial charge in [0.15, 0.2) is 0 Å². The number of hydrogen-bond donors (Lipinski definition) is 1. The maximum absolute atomic E-state index is 12.7. The van der Waals surface area contributed by atoms with Crippen molar-refractivity contribution in [2.24, 2.45) is 5.73 Å². The Hall–Kier alpha value is -1.52. The van der Waals surface area contributed by atoms with Crippen LogP contribution in [-0.2, 0) is 12.6 Å². The Morgan fingerprint density at radius 1 is 1.14 bits per heavy atom. The van der Waals surface area contributed by atoms with Crippen molar-refractivity contribution in [3.63, 3.8) is 0 Å². The molecule has 0 amide bonds. The van der Waals surface area contributed by atoms with Gasteiger partial charge in [-0.25, -0.2) is 0 Å². The fourth-order valence-electron chi connectivity index (χ4n) is 2.26. The van der Waals surface area contributed by atoms with Gasteiger partial charge in [-0.2, -0.15) is 13.2 Å². The van der Waals surface area contributed by atoms with Crippen LogP contribution >= 0.6 is 11.6 Å². The monoisotopic (exact) mass is 313 g/mol. The van der Waals surface area contributed by atoms with Gasteiger partial charge in [-0.15, -0.1) is 0 Å². The van der Waals surface area contributed by atoms with E-state index in [9.17, 15) is 13.2 Å². The van der Waals surface area contributed by atoms with Crippen molar-refractivity contribution < 1.29 is 13.2 Å². The Balaban J connectivity index is 2.24. The molecule has 21 heavy (non-hydrogen) atoms. The van der Waals surface area contributed by atoms with Crippen LogP contribution in [0.3, 0.4) is 0 Å². The van der Waals surface area contributed by atoms with E-state index in [1.165, 1.54) is 6.07 Å². The molecule has 0 aliphatic carbocycles. The van der Waals surface area contributed by atoms with Gasteiger partial charge >= 0.3 is 6.18 Å². The number of hydrogen-bond acceptors (Lipinski definition) is 1. The molecule has 0 radical (unpaired) electrons. The molecule has 1 nitrogen and oxygen atoms in total. The Morgan fingerprint density at radius 2 is 1.81 bits per heavy atom. The van der Waals surface area contributed by atoms with Crippen molar-refractivity contribution in [2.75, 3.05) is 0 Å². The summed E-state index contributed by atoms with van der Waals surface area (Å²) in [6.45, 7) is 1.85. The van der Waals surface area contributed by atoms with Crippen LogP contribution in [0.25, 0.3) is 0 Å². The van der Waals surface area contributed by atoms with E-state index in [-0.39, 0.29) is 0 Å². The molecule has 0 aliphatic rings. The third kappa shape index (κ3) is 3.77. The van der Waals surface area contributed by atoms with E-state index in [2.05, 4.69) is 0 Å². The van der Waals surface area contributed by atoms with Crippen molar-refractivity contribution in [1.82, 2.24) is 0 Å². The molecule has 2 N–H and O–H groups in total. The minimum absolute atomic E-state index is 0.325. The number of benzene rings is 2. The molecule has 0 aliphatic heterocycles. The van der Waals surface area contributed by atoms with E-state index in [4.69, 9.17) is 17.3 Å². The lowest BCUT2D eigenvalue weighted by molar-refractivity contribution is -0.137. The first-order chi connectivity index (χ1) is 9.79. The maximum atomic E-state index is 12.7. The zero-order valence-corrected chi connectivity index (χ0v) is 12.2. The second kappa shape index (κ2) is 6.08. The van der Waals surface area contributed by atoms with Crippen LogP contribution in [0.4, 0.5) is 13.2 Å². The minimum Gasteiger partial charge on any atom is -0.324 e. The smallest absolute Gasteiger partial charge is 0.324 e.